The predicted molar refractivity (Wildman–Crippen MR) is 155 cm³/mol. The molecule has 0 unspecified atom stereocenters. The minimum Gasteiger partial charge on any atom is -0.418 e. The fourth-order valence-corrected chi connectivity index (χ4v) is 6.42. The van der Waals surface area contributed by atoms with E-state index < -0.39 is 7.25 Å². The maximum Gasteiger partial charge on any atom is 0.673 e. The summed E-state index contributed by atoms with van der Waals surface area (Å²) in [7, 11) is -6.00. The summed E-state index contributed by atoms with van der Waals surface area (Å²) in [6, 6.07) is 29.3. The van der Waals surface area contributed by atoms with E-state index >= 15 is 0 Å². The molecule has 0 bridgehead atoms. The van der Waals surface area contributed by atoms with Crippen molar-refractivity contribution in [3.05, 3.63) is 120 Å². The van der Waals surface area contributed by atoms with Gasteiger partial charge in [0.15, 0.2) is 6.54 Å². The highest BCUT2D eigenvalue weighted by atomic mass is 19.5. The van der Waals surface area contributed by atoms with Crippen molar-refractivity contribution in [2.75, 3.05) is 0 Å². The summed E-state index contributed by atoms with van der Waals surface area (Å²) < 4.78 is 43.9. The van der Waals surface area contributed by atoms with Gasteiger partial charge in [0, 0.05) is 53.2 Å². The number of rotatable bonds is 5. The van der Waals surface area contributed by atoms with E-state index in [1.807, 2.05) is 12.5 Å². The number of benzene rings is 3. The lowest BCUT2D eigenvalue weighted by molar-refractivity contribution is -0.676. The first-order valence-corrected chi connectivity index (χ1v) is 14.0. The van der Waals surface area contributed by atoms with Crippen molar-refractivity contribution in [3.63, 3.8) is 0 Å². The molecule has 0 aliphatic heterocycles. The fraction of sp³-hybridized carbons (Fsp3) is 0.212. The third kappa shape index (κ3) is 5.69. The Morgan fingerprint density at radius 1 is 0.707 bits per heavy atom. The van der Waals surface area contributed by atoms with Crippen LogP contribution in [0.3, 0.4) is 0 Å². The van der Waals surface area contributed by atoms with Crippen LogP contribution >= 0.6 is 0 Å². The lowest BCUT2D eigenvalue weighted by Gasteiger charge is -2.28. The number of hydrogen-bond acceptors (Lipinski definition) is 1. The van der Waals surface area contributed by atoms with Crippen molar-refractivity contribution in [3.8, 4) is 33.6 Å². The third-order valence-corrected chi connectivity index (χ3v) is 7.97. The summed E-state index contributed by atoms with van der Waals surface area (Å²) in [6.45, 7) is 1.96. The normalized spacial score (nSPS) is 13.3. The van der Waals surface area contributed by atoms with Crippen molar-refractivity contribution in [2.24, 2.45) is 0 Å². The van der Waals surface area contributed by atoms with Gasteiger partial charge in [0.05, 0.1) is 6.33 Å². The van der Waals surface area contributed by atoms with E-state index in [-0.39, 0.29) is 0 Å². The average Bonchev–Trinajstić information content (AvgIpc) is 3.49. The van der Waals surface area contributed by atoms with E-state index in [2.05, 4.69) is 99.2 Å². The number of aryl methyl sites for hydroxylation is 3. The van der Waals surface area contributed by atoms with Gasteiger partial charge in [-0.1, -0.05) is 66.7 Å². The molecule has 3 nitrogen and oxygen atoms in total. The highest BCUT2D eigenvalue weighted by Crippen LogP contribution is 2.44. The predicted octanol–water partition coefficient (Wildman–Crippen LogP) is 7.76. The Labute approximate surface area is 237 Å². The van der Waals surface area contributed by atoms with Crippen LogP contribution in [-0.4, -0.2) is 16.8 Å². The van der Waals surface area contributed by atoms with Crippen LogP contribution in [0.1, 0.15) is 28.7 Å². The molecule has 0 fully saturated rings. The maximum absolute atomic E-state index is 9.75. The van der Waals surface area contributed by atoms with E-state index in [1.165, 1.54) is 55.9 Å². The second-order valence-corrected chi connectivity index (χ2v) is 10.5. The number of pyridine rings is 1. The minimum absolute atomic E-state index is 0.972. The van der Waals surface area contributed by atoms with Crippen LogP contribution in [-0.2, 0) is 38.8 Å². The molecule has 41 heavy (non-hydrogen) atoms. The molecule has 2 aliphatic carbocycles. The van der Waals surface area contributed by atoms with Gasteiger partial charge in [-0.25, -0.2) is 4.98 Å². The molecule has 3 aromatic carbocycles. The standard InChI is InChI=1S/C33H30N3.BF4/c1-2-11-26(12-3-1)31-29-17-15-24-9-4-6-13-27(24)32(29)36(21-8-20-35-22-19-34-23-35)33-28-14-7-5-10-25(28)16-18-30(31)33;2-1(3,4)5/h1-7,9-14,19,22-23H,8,15-18,20-21H2;/q+1;-1. The summed E-state index contributed by atoms with van der Waals surface area (Å²) >= 11 is 0. The topological polar surface area (TPSA) is 21.7 Å². The van der Waals surface area contributed by atoms with Crippen LogP contribution in [0.5, 0.6) is 0 Å². The SMILES string of the molecule is F[B-](F)(F)F.c1ccc(-c2c3c([n+](CCCn4ccnc4)c4c2CCc2ccccc2-4)-c2ccccc2CC3)cc1. The first-order chi connectivity index (χ1) is 19.9. The van der Waals surface area contributed by atoms with E-state index in [0.717, 1.165) is 45.2 Å². The van der Waals surface area contributed by atoms with E-state index in [1.54, 1.807) is 0 Å². The largest absolute Gasteiger partial charge is 0.673 e. The second-order valence-electron chi connectivity index (χ2n) is 10.5. The van der Waals surface area contributed by atoms with Gasteiger partial charge in [0.2, 0.25) is 11.4 Å². The molecule has 8 heteroatoms. The average molecular weight is 555 g/mol. The van der Waals surface area contributed by atoms with E-state index in [0.29, 0.717) is 0 Å². The fourth-order valence-electron chi connectivity index (χ4n) is 6.42. The molecule has 5 aromatic rings. The number of halogens is 4. The molecule has 0 saturated heterocycles. The van der Waals surface area contributed by atoms with Gasteiger partial charge in [0.25, 0.3) is 0 Å². The quantitative estimate of drug-likeness (QED) is 0.123. The first-order valence-electron chi connectivity index (χ1n) is 14.0. The number of aromatic nitrogens is 3. The van der Waals surface area contributed by atoms with Crippen LogP contribution in [0.15, 0.2) is 97.6 Å². The molecular weight excluding hydrogens is 525 g/mol. The van der Waals surface area contributed by atoms with Crippen molar-refractivity contribution in [1.82, 2.24) is 9.55 Å². The smallest absolute Gasteiger partial charge is 0.418 e. The molecule has 0 saturated carbocycles. The van der Waals surface area contributed by atoms with Crippen molar-refractivity contribution in [1.29, 1.82) is 0 Å². The zero-order valence-corrected chi connectivity index (χ0v) is 22.6. The van der Waals surface area contributed by atoms with Crippen LogP contribution in [0.4, 0.5) is 17.3 Å². The monoisotopic (exact) mass is 555 g/mol. The highest BCUT2D eigenvalue weighted by Gasteiger charge is 2.37. The maximum atomic E-state index is 9.75. The van der Waals surface area contributed by atoms with Crippen LogP contribution in [0.2, 0.25) is 0 Å². The Bertz CT molecular complexity index is 1580. The second kappa shape index (κ2) is 11.4. The molecule has 0 atom stereocenters. The van der Waals surface area contributed by atoms with Gasteiger partial charge in [-0.05, 0) is 54.5 Å². The molecule has 0 radical (unpaired) electrons. The molecule has 0 amide bonds. The van der Waals surface area contributed by atoms with Crippen molar-refractivity contribution < 1.29 is 21.8 Å². The van der Waals surface area contributed by atoms with Gasteiger partial charge < -0.3 is 21.8 Å². The molecule has 0 N–H and O–H groups in total. The molecule has 2 aliphatic rings. The Kier molecular flexibility index (Phi) is 7.48. The first kappa shape index (κ1) is 27.0. The van der Waals surface area contributed by atoms with E-state index in [4.69, 9.17) is 0 Å². The molecular formula is C33H30BF4N3. The molecule has 2 aromatic heterocycles. The van der Waals surface area contributed by atoms with E-state index in [9.17, 15) is 17.3 Å². The molecule has 208 valence electrons. The summed E-state index contributed by atoms with van der Waals surface area (Å²) in [6.07, 6.45) is 11.3. The Balaban J connectivity index is 0.000000559. The van der Waals surface area contributed by atoms with Crippen LogP contribution in [0, 0.1) is 0 Å². The van der Waals surface area contributed by atoms with Crippen molar-refractivity contribution >= 4 is 7.25 Å². The number of fused-ring (bicyclic) bond motifs is 6. The lowest BCUT2D eigenvalue weighted by atomic mass is 9.77. The summed E-state index contributed by atoms with van der Waals surface area (Å²) in [5.74, 6) is 0. The Morgan fingerprint density at radius 2 is 1.24 bits per heavy atom. The third-order valence-electron chi connectivity index (χ3n) is 7.97. The summed E-state index contributed by atoms with van der Waals surface area (Å²) in [4.78, 5) is 4.25. The molecule has 7 rings (SSSR count). The number of imidazole rings is 1. The van der Waals surface area contributed by atoms with Gasteiger partial charge in [-0.3, -0.25) is 0 Å². The highest BCUT2D eigenvalue weighted by molar-refractivity contribution is 6.50. The van der Waals surface area contributed by atoms with Crippen LogP contribution < -0.4 is 4.57 Å². The van der Waals surface area contributed by atoms with Crippen molar-refractivity contribution in [2.45, 2.75) is 45.2 Å². The number of hydrogen-bond donors (Lipinski definition) is 0. The zero-order valence-electron chi connectivity index (χ0n) is 22.6. The zero-order chi connectivity index (χ0) is 28.4. The van der Waals surface area contributed by atoms with Crippen LogP contribution in [0.25, 0.3) is 33.6 Å². The molecule has 0 spiro atoms. The summed E-state index contributed by atoms with van der Waals surface area (Å²) in [5.41, 5.74) is 14.5. The molecule has 2 heterocycles. The van der Waals surface area contributed by atoms with Gasteiger partial charge >= 0.3 is 7.25 Å². The Morgan fingerprint density at radius 3 is 1.78 bits per heavy atom. The Hall–Kier alpha value is -4.20. The lowest BCUT2D eigenvalue weighted by Crippen LogP contribution is -2.43. The van der Waals surface area contributed by atoms with Gasteiger partial charge in [-0.2, -0.15) is 4.57 Å². The summed E-state index contributed by atoms with van der Waals surface area (Å²) in [5, 5.41) is 0. The number of nitrogens with zero attached hydrogens (tertiary/aromatic N) is 3. The van der Waals surface area contributed by atoms with Gasteiger partial charge in [-0.15, -0.1) is 0 Å². The minimum atomic E-state index is -6.00. The van der Waals surface area contributed by atoms with Gasteiger partial charge in [0.1, 0.15) is 0 Å².